The zero-order valence-corrected chi connectivity index (χ0v) is 10.9. The van der Waals surface area contributed by atoms with Crippen LogP contribution in [-0.4, -0.2) is 39.5 Å². The summed E-state index contributed by atoms with van der Waals surface area (Å²) in [6.45, 7) is 1.63. The van der Waals surface area contributed by atoms with Gasteiger partial charge in [0, 0.05) is 13.2 Å². The first-order valence-electron chi connectivity index (χ1n) is 5.11. The van der Waals surface area contributed by atoms with Crippen molar-refractivity contribution in [3.8, 4) is 0 Å². The molecule has 3 N–H and O–H groups in total. The van der Waals surface area contributed by atoms with Crippen LogP contribution in [0.15, 0.2) is 17.4 Å². The molecule has 0 saturated heterocycles. The van der Waals surface area contributed by atoms with Crippen molar-refractivity contribution >= 4 is 21.7 Å². The fourth-order valence-electron chi connectivity index (χ4n) is 1.53. The lowest BCUT2D eigenvalue weighted by atomic mass is 10.4. The Balaban J connectivity index is 2.41. The maximum atomic E-state index is 12.1. The highest BCUT2D eigenvalue weighted by atomic mass is 32.2. The van der Waals surface area contributed by atoms with Crippen LogP contribution in [0, 0.1) is 6.92 Å². The Morgan fingerprint density at radius 1 is 1.53 bits per heavy atom. The lowest BCUT2D eigenvalue weighted by molar-refractivity contribution is 0.0692. The Kier molecular flexibility index (Phi) is 3.02. The molecular formula is C9H11N5O4S. The van der Waals surface area contributed by atoms with Crippen molar-refractivity contribution in [1.82, 2.24) is 20.0 Å². The third-order valence-electron chi connectivity index (χ3n) is 2.36. The van der Waals surface area contributed by atoms with E-state index in [0.717, 1.165) is 6.20 Å². The predicted octanol–water partition coefficient (Wildman–Crippen LogP) is -0.0494. The maximum absolute atomic E-state index is 12.1. The van der Waals surface area contributed by atoms with Gasteiger partial charge in [-0.05, 0) is 6.92 Å². The summed E-state index contributed by atoms with van der Waals surface area (Å²) in [5, 5.41) is 18.0. The molecule has 0 bridgehead atoms. The van der Waals surface area contributed by atoms with Gasteiger partial charge in [0.2, 0.25) is 0 Å². The zero-order valence-electron chi connectivity index (χ0n) is 10.1. The van der Waals surface area contributed by atoms with Crippen LogP contribution in [0.25, 0.3) is 0 Å². The Morgan fingerprint density at radius 2 is 2.21 bits per heavy atom. The molecule has 0 radical (unpaired) electrons. The van der Waals surface area contributed by atoms with Crippen LogP contribution in [0.5, 0.6) is 0 Å². The summed E-state index contributed by atoms with van der Waals surface area (Å²) < 4.78 is 27.8. The number of aromatic amines is 1. The molecule has 0 amide bonds. The van der Waals surface area contributed by atoms with Crippen molar-refractivity contribution in [2.24, 2.45) is 7.05 Å². The molecule has 0 aliphatic carbocycles. The molecule has 0 spiro atoms. The number of aromatic nitrogens is 4. The number of carboxylic acids is 1. The van der Waals surface area contributed by atoms with E-state index in [0.29, 0.717) is 5.69 Å². The molecule has 2 rings (SSSR count). The number of rotatable bonds is 4. The fourth-order valence-corrected chi connectivity index (χ4v) is 2.72. The van der Waals surface area contributed by atoms with Crippen molar-refractivity contribution in [2.45, 2.75) is 11.9 Å². The number of nitrogens with zero attached hydrogens (tertiary/aromatic N) is 3. The molecule has 0 aromatic carbocycles. The summed E-state index contributed by atoms with van der Waals surface area (Å²) in [5.74, 6) is -1.38. The van der Waals surface area contributed by atoms with Crippen LogP contribution < -0.4 is 4.72 Å². The highest BCUT2D eigenvalue weighted by Crippen LogP contribution is 2.19. The molecule has 9 nitrogen and oxygen atoms in total. The summed E-state index contributed by atoms with van der Waals surface area (Å²) in [5.41, 5.74) is 0.324. The maximum Gasteiger partial charge on any atom is 0.340 e. The van der Waals surface area contributed by atoms with E-state index in [1.165, 1.54) is 10.9 Å². The predicted molar refractivity (Wildman–Crippen MR) is 64.3 cm³/mol. The summed E-state index contributed by atoms with van der Waals surface area (Å²) in [4.78, 5) is 10.9. The number of sulfonamides is 1. The van der Waals surface area contributed by atoms with Crippen LogP contribution in [-0.2, 0) is 17.1 Å². The molecule has 0 unspecified atom stereocenters. The van der Waals surface area contributed by atoms with Gasteiger partial charge in [-0.1, -0.05) is 0 Å². The first-order chi connectivity index (χ1) is 8.81. The van der Waals surface area contributed by atoms with E-state index in [2.05, 4.69) is 20.0 Å². The molecule has 2 aromatic rings. The largest absolute Gasteiger partial charge is 0.478 e. The van der Waals surface area contributed by atoms with Crippen LogP contribution in [0.2, 0.25) is 0 Å². The summed E-state index contributed by atoms with van der Waals surface area (Å²) in [6.07, 6.45) is 2.41. The first-order valence-corrected chi connectivity index (χ1v) is 6.59. The van der Waals surface area contributed by atoms with E-state index in [9.17, 15) is 13.2 Å². The molecule has 0 aliphatic rings. The lowest BCUT2D eigenvalue weighted by Crippen LogP contribution is -2.16. The first kappa shape index (κ1) is 13.1. The molecule has 0 saturated carbocycles. The monoisotopic (exact) mass is 285 g/mol. The van der Waals surface area contributed by atoms with E-state index < -0.39 is 26.6 Å². The average molecular weight is 285 g/mol. The number of carboxylic acid groups (broad SMARTS) is 1. The third kappa shape index (κ3) is 2.42. The Morgan fingerprint density at radius 3 is 2.74 bits per heavy atom. The quantitative estimate of drug-likeness (QED) is 0.722. The number of aryl methyl sites for hydroxylation is 2. The summed E-state index contributed by atoms with van der Waals surface area (Å²) in [7, 11) is -2.41. The fraction of sp³-hybridized carbons (Fsp3) is 0.222. The van der Waals surface area contributed by atoms with Gasteiger partial charge in [-0.2, -0.15) is 18.6 Å². The second kappa shape index (κ2) is 4.39. The normalized spacial score (nSPS) is 11.5. The van der Waals surface area contributed by atoms with Crippen molar-refractivity contribution in [2.75, 3.05) is 4.72 Å². The van der Waals surface area contributed by atoms with Gasteiger partial charge in [-0.25, -0.2) is 4.79 Å². The zero-order chi connectivity index (χ0) is 14.2. The van der Waals surface area contributed by atoms with Gasteiger partial charge in [0.1, 0.15) is 5.56 Å². The van der Waals surface area contributed by atoms with Gasteiger partial charge < -0.3 is 5.11 Å². The van der Waals surface area contributed by atoms with Crippen LogP contribution in [0.3, 0.4) is 0 Å². The third-order valence-corrected chi connectivity index (χ3v) is 3.70. The second-order valence-electron chi connectivity index (χ2n) is 3.83. The number of hydrogen-bond acceptors (Lipinski definition) is 5. The van der Waals surface area contributed by atoms with Crippen molar-refractivity contribution in [3.63, 3.8) is 0 Å². The highest BCUT2D eigenvalue weighted by molar-refractivity contribution is 7.92. The van der Waals surface area contributed by atoms with Crippen LogP contribution >= 0.6 is 0 Å². The molecule has 2 heterocycles. The summed E-state index contributed by atoms with van der Waals surface area (Å²) in [6, 6.07) is 0. The average Bonchev–Trinajstić information content (AvgIpc) is 2.86. The standard InChI is InChI=1S/C9H11N5O4S/c1-5-7(4-14(2)12-5)13-19(17,18)8-6(9(15)16)3-10-11-8/h3-4,13H,1-2H3,(H,10,11)(H,15,16). The SMILES string of the molecule is Cc1nn(C)cc1NS(=O)(=O)c1[nH]ncc1C(=O)O. The minimum Gasteiger partial charge on any atom is -0.478 e. The highest BCUT2D eigenvalue weighted by Gasteiger charge is 2.25. The molecule has 10 heteroatoms. The van der Waals surface area contributed by atoms with E-state index in [1.807, 2.05) is 0 Å². The number of H-pyrrole nitrogens is 1. The van der Waals surface area contributed by atoms with Crippen LogP contribution in [0.4, 0.5) is 5.69 Å². The Labute approximate surface area is 108 Å². The number of aromatic carboxylic acids is 1. The Bertz CT molecular complexity index is 730. The van der Waals surface area contributed by atoms with Crippen molar-refractivity contribution in [1.29, 1.82) is 0 Å². The van der Waals surface area contributed by atoms with Crippen molar-refractivity contribution in [3.05, 3.63) is 23.7 Å². The lowest BCUT2D eigenvalue weighted by Gasteiger charge is -2.05. The molecule has 0 atom stereocenters. The molecular weight excluding hydrogens is 274 g/mol. The molecule has 102 valence electrons. The Hall–Kier alpha value is -2.36. The van der Waals surface area contributed by atoms with Crippen molar-refractivity contribution < 1.29 is 18.3 Å². The van der Waals surface area contributed by atoms with Gasteiger partial charge in [0.05, 0.1) is 17.6 Å². The van der Waals surface area contributed by atoms with E-state index in [1.54, 1.807) is 14.0 Å². The molecule has 19 heavy (non-hydrogen) atoms. The number of hydrogen-bond donors (Lipinski definition) is 3. The minimum absolute atomic E-state index is 0.272. The van der Waals surface area contributed by atoms with E-state index >= 15 is 0 Å². The van der Waals surface area contributed by atoms with E-state index in [-0.39, 0.29) is 5.69 Å². The smallest absolute Gasteiger partial charge is 0.340 e. The molecule has 0 fully saturated rings. The van der Waals surface area contributed by atoms with Crippen LogP contribution in [0.1, 0.15) is 16.1 Å². The van der Waals surface area contributed by atoms with Gasteiger partial charge in [-0.3, -0.25) is 14.5 Å². The van der Waals surface area contributed by atoms with Gasteiger partial charge in [0.25, 0.3) is 10.0 Å². The second-order valence-corrected chi connectivity index (χ2v) is 5.44. The van der Waals surface area contributed by atoms with E-state index in [4.69, 9.17) is 5.11 Å². The number of anilines is 1. The summed E-state index contributed by atoms with van der Waals surface area (Å²) >= 11 is 0. The molecule has 0 aliphatic heterocycles. The van der Waals surface area contributed by atoms with Gasteiger partial charge in [0.15, 0.2) is 5.03 Å². The topological polar surface area (TPSA) is 130 Å². The minimum atomic E-state index is -4.06. The van der Waals surface area contributed by atoms with Gasteiger partial charge >= 0.3 is 5.97 Å². The number of carbonyl (C=O) groups is 1. The van der Waals surface area contributed by atoms with Gasteiger partial charge in [-0.15, -0.1) is 0 Å². The number of nitrogens with one attached hydrogen (secondary N) is 2. The molecule has 2 aromatic heterocycles.